The van der Waals surface area contributed by atoms with Crippen LogP contribution in [0.4, 0.5) is 17.1 Å². The summed E-state index contributed by atoms with van der Waals surface area (Å²) in [6, 6.07) is 17.8. The predicted molar refractivity (Wildman–Crippen MR) is 127 cm³/mol. The second-order valence-electron chi connectivity index (χ2n) is 7.53. The number of nitro groups is 1. The van der Waals surface area contributed by atoms with E-state index in [1.807, 2.05) is 35.2 Å². The van der Waals surface area contributed by atoms with Gasteiger partial charge in [0.15, 0.2) is 0 Å². The van der Waals surface area contributed by atoms with Gasteiger partial charge in [-0.3, -0.25) is 10.1 Å². The van der Waals surface area contributed by atoms with E-state index in [1.165, 1.54) is 10.4 Å². The average Bonchev–Trinajstić information content (AvgIpc) is 2.82. The first-order valence-electron chi connectivity index (χ1n) is 10.3. The predicted octanol–water partition coefficient (Wildman–Crippen LogP) is 3.86. The van der Waals surface area contributed by atoms with Crippen molar-refractivity contribution in [3.05, 3.63) is 83.4 Å². The van der Waals surface area contributed by atoms with Crippen molar-refractivity contribution < 1.29 is 13.3 Å². The molecule has 0 amide bonds. The normalized spacial score (nSPS) is 14.9. The van der Waals surface area contributed by atoms with Gasteiger partial charge in [-0.2, -0.15) is 4.31 Å². The molecule has 1 saturated heterocycles. The number of nitrogens with one attached hydrogen (secondary N) is 1. The quantitative estimate of drug-likeness (QED) is 0.332. The molecule has 0 atom stereocenters. The minimum atomic E-state index is -3.60. The smallest absolute Gasteiger partial charge is 0.292 e. The highest BCUT2D eigenvalue weighted by atomic mass is 32.2. The first-order valence-corrected chi connectivity index (χ1v) is 11.7. The Morgan fingerprint density at radius 1 is 1.00 bits per heavy atom. The largest absolute Gasteiger partial charge is 0.376 e. The van der Waals surface area contributed by atoms with Gasteiger partial charge in [-0.15, -0.1) is 6.58 Å². The Bertz CT molecular complexity index is 1270. The number of hydrogen-bond donors (Lipinski definition) is 1. The third-order valence-electron chi connectivity index (χ3n) is 5.58. The molecule has 0 saturated carbocycles. The monoisotopic (exact) mass is 452 g/mol. The van der Waals surface area contributed by atoms with Crippen LogP contribution in [0.15, 0.2) is 78.2 Å². The van der Waals surface area contributed by atoms with E-state index in [9.17, 15) is 18.5 Å². The Balaban J connectivity index is 1.50. The van der Waals surface area contributed by atoms with Gasteiger partial charge in [0, 0.05) is 44.5 Å². The molecule has 4 rings (SSSR count). The molecule has 0 spiro atoms. The van der Waals surface area contributed by atoms with Gasteiger partial charge in [0.05, 0.1) is 9.82 Å². The van der Waals surface area contributed by atoms with Gasteiger partial charge in [0.2, 0.25) is 10.0 Å². The second-order valence-corrected chi connectivity index (χ2v) is 9.47. The SMILES string of the molecule is C=CCNc1cc(N2CCN(S(=O)(=O)c3ccc4ccccc4c3)CC2)ccc1[N+](=O)[O-]. The van der Waals surface area contributed by atoms with E-state index in [0.717, 1.165) is 16.5 Å². The molecule has 3 aromatic carbocycles. The van der Waals surface area contributed by atoms with Gasteiger partial charge >= 0.3 is 0 Å². The fraction of sp³-hybridized carbons (Fsp3) is 0.217. The molecule has 0 aromatic heterocycles. The number of fused-ring (bicyclic) bond motifs is 1. The molecule has 1 fully saturated rings. The van der Waals surface area contributed by atoms with Gasteiger partial charge in [0.1, 0.15) is 5.69 Å². The average molecular weight is 453 g/mol. The van der Waals surface area contributed by atoms with Crippen LogP contribution in [0, 0.1) is 10.1 Å². The molecule has 1 heterocycles. The first kappa shape index (κ1) is 21.8. The number of hydrogen-bond acceptors (Lipinski definition) is 6. The van der Waals surface area contributed by atoms with Gasteiger partial charge in [-0.05, 0) is 35.0 Å². The van der Waals surface area contributed by atoms with Crippen LogP contribution < -0.4 is 10.2 Å². The van der Waals surface area contributed by atoms with Crippen molar-refractivity contribution in [1.29, 1.82) is 0 Å². The maximum atomic E-state index is 13.2. The standard InChI is InChI=1S/C23H24N4O4S/c1-2-11-24-22-17-20(8-10-23(22)27(28)29)25-12-14-26(15-13-25)32(30,31)21-9-7-18-5-3-4-6-19(18)16-21/h2-10,16-17,24H,1,11-15H2. The zero-order chi connectivity index (χ0) is 22.7. The van der Waals surface area contributed by atoms with E-state index in [4.69, 9.17) is 0 Å². The van der Waals surface area contributed by atoms with E-state index in [0.29, 0.717) is 38.4 Å². The highest BCUT2D eigenvalue weighted by molar-refractivity contribution is 7.89. The van der Waals surface area contributed by atoms with Crippen LogP contribution in [0.5, 0.6) is 0 Å². The van der Waals surface area contributed by atoms with Crippen LogP contribution in [-0.4, -0.2) is 50.4 Å². The lowest BCUT2D eigenvalue weighted by Gasteiger charge is -2.35. The molecule has 0 unspecified atom stereocenters. The van der Waals surface area contributed by atoms with Crippen LogP contribution >= 0.6 is 0 Å². The number of sulfonamides is 1. The van der Waals surface area contributed by atoms with Crippen LogP contribution in [0.2, 0.25) is 0 Å². The molecular formula is C23H24N4O4S. The summed E-state index contributed by atoms with van der Waals surface area (Å²) in [5.74, 6) is 0. The number of nitrogens with zero attached hydrogens (tertiary/aromatic N) is 3. The highest BCUT2D eigenvalue weighted by Gasteiger charge is 2.29. The Kier molecular flexibility index (Phi) is 6.11. The minimum absolute atomic E-state index is 0.00637. The van der Waals surface area contributed by atoms with E-state index in [1.54, 1.807) is 30.3 Å². The molecule has 0 bridgehead atoms. The maximum absolute atomic E-state index is 13.2. The second kappa shape index (κ2) is 8.97. The molecule has 166 valence electrons. The molecule has 3 aromatic rings. The molecular weight excluding hydrogens is 428 g/mol. The Hall–Kier alpha value is -3.43. The van der Waals surface area contributed by atoms with E-state index in [2.05, 4.69) is 11.9 Å². The summed E-state index contributed by atoms with van der Waals surface area (Å²) in [5.41, 5.74) is 1.22. The number of piperazine rings is 1. The third-order valence-corrected chi connectivity index (χ3v) is 7.47. The van der Waals surface area contributed by atoms with Crippen molar-refractivity contribution in [3.63, 3.8) is 0 Å². The van der Waals surface area contributed by atoms with Crippen LogP contribution in [0.3, 0.4) is 0 Å². The van der Waals surface area contributed by atoms with E-state index < -0.39 is 14.9 Å². The van der Waals surface area contributed by atoms with E-state index >= 15 is 0 Å². The van der Waals surface area contributed by atoms with Gasteiger partial charge in [-0.25, -0.2) is 8.42 Å². The number of benzene rings is 3. The molecule has 1 N–H and O–H groups in total. The van der Waals surface area contributed by atoms with Gasteiger partial charge in [0.25, 0.3) is 5.69 Å². The van der Waals surface area contributed by atoms with Crippen molar-refractivity contribution in [1.82, 2.24) is 4.31 Å². The summed E-state index contributed by atoms with van der Waals surface area (Å²) in [6.45, 7) is 5.69. The van der Waals surface area contributed by atoms with Crippen molar-refractivity contribution in [2.45, 2.75) is 4.90 Å². The topological polar surface area (TPSA) is 95.8 Å². The summed E-state index contributed by atoms with van der Waals surface area (Å²) in [6.07, 6.45) is 1.63. The third kappa shape index (κ3) is 4.30. The molecule has 0 radical (unpaired) electrons. The minimum Gasteiger partial charge on any atom is -0.376 e. The first-order chi connectivity index (χ1) is 15.4. The number of rotatable bonds is 7. The molecule has 1 aliphatic heterocycles. The van der Waals surface area contributed by atoms with Crippen molar-refractivity contribution in [2.24, 2.45) is 0 Å². The van der Waals surface area contributed by atoms with E-state index in [-0.39, 0.29) is 10.6 Å². The van der Waals surface area contributed by atoms with Crippen molar-refractivity contribution >= 4 is 37.9 Å². The summed E-state index contributed by atoms with van der Waals surface area (Å²) < 4.78 is 27.9. The Morgan fingerprint density at radius 3 is 2.41 bits per heavy atom. The maximum Gasteiger partial charge on any atom is 0.292 e. The number of anilines is 2. The lowest BCUT2D eigenvalue weighted by atomic mass is 10.1. The molecule has 1 aliphatic rings. The fourth-order valence-electron chi connectivity index (χ4n) is 3.87. The highest BCUT2D eigenvalue weighted by Crippen LogP contribution is 2.31. The lowest BCUT2D eigenvalue weighted by Crippen LogP contribution is -2.48. The zero-order valence-electron chi connectivity index (χ0n) is 17.5. The van der Waals surface area contributed by atoms with Gasteiger partial charge in [-0.1, -0.05) is 36.4 Å². The van der Waals surface area contributed by atoms with Crippen LogP contribution in [0.25, 0.3) is 10.8 Å². The Labute approximate surface area is 187 Å². The summed E-state index contributed by atoms with van der Waals surface area (Å²) in [5, 5.41) is 16.2. The fourth-order valence-corrected chi connectivity index (χ4v) is 5.33. The molecule has 32 heavy (non-hydrogen) atoms. The Morgan fingerprint density at radius 2 is 1.72 bits per heavy atom. The molecule has 8 nitrogen and oxygen atoms in total. The summed E-state index contributed by atoms with van der Waals surface area (Å²) >= 11 is 0. The van der Waals surface area contributed by atoms with Crippen molar-refractivity contribution in [3.8, 4) is 0 Å². The van der Waals surface area contributed by atoms with Crippen LogP contribution in [-0.2, 0) is 10.0 Å². The summed E-state index contributed by atoms with van der Waals surface area (Å²) in [7, 11) is -3.60. The molecule has 9 heteroatoms. The molecule has 0 aliphatic carbocycles. The van der Waals surface area contributed by atoms with Gasteiger partial charge < -0.3 is 10.2 Å². The van der Waals surface area contributed by atoms with Crippen molar-refractivity contribution in [2.75, 3.05) is 42.9 Å². The zero-order valence-corrected chi connectivity index (χ0v) is 18.3. The lowest BCUT2D eigenvalue weighted by molar-refractivity contribution is -0.383. The summed E-state index contributed by atoms with van der Waals surface area (Å²) in [4.78, 5) is 13.2. The van der Waals surface area contributed by atoms with Crippen LogP contribution in [0.1, 0.15) is 0 Å². The number of nitro benzene ring substituents is 1.